The smallest absolute Gasteiger partial charge is 0.242 e. The highest BCUT2D eigenvalue weighted by atomic mass is 35.5. The molecule has 0 amide bonds. The van der Waals surface area contributed by atoms with E-state index in [1.54, 1.807) is 0 Å². The summed E-state index contributed by atoms with van der Waals surface area (Å²) in [6.07, 6.45) is 1.89. The number of hydrogen-bond acceptors (Lipinski definition) is 4. The summed E-state index contributed by atoms with van der Waals surface area (Å²) in [7, 11) is -3.55. The van der Waals surface area contributed by atoms with E-state index in [1.807, 2.05) is 18.3 Å². The van der Waals surface area contributed by atoms with Crippen LogP contribution in [0, 0.1) is 0 Å². The molecule has 7 heteroatoms. The van der Waals surface area contributed by atoms with Gasteiger partial charge in [-0.1, -0.05) is 45.1 Å². The summed E-state index contributed by atoms with van der Waals surface area (Å²) in [4.78, 5) is 7.02. The number of aromatic nitrogens is 1. The standard InChI is InChI=1S/C26H38ClN3OSi2/c1-9-29(10-2)19-20-17-22(12-14-26(20)31-33(6,7)8)30(32(3,4)5)25-15-16-28-24-18-21(27)11-13-23(24)25/h11-18H,9-10,19H2,1-8H3. The molecule has 0 spiro atoms. The predicted octanol–water partition coefficient (Wildman–Crippen LogP) is 7.92. The van der Waals surface area contributed by atoms with Crippen molar-refractivity contribution in [2.45, 2.75) is 59.7 Å². The van der Waals surface area contributed by atoms with Crippen LogP contribution in [-0.4, -0.2) is 39.5 Å². The van der Waals surface area contributed by atoms with Gasteiger partial charge in [-0.05, 0) is 75.2 Å². The lowest BCUT2D eigenvalue weighted by atomic mass is 10.1. The van der Waals surface area contributed by atoms with Crippen molar-refractivity contribution in [3.8, 4) is 5.75 Å². The number of hydrogen-bond donors (Lipinski definition) is 0. The molecule has 1 aromatic heterocycles. The average Bonchev–Trinajstić information content (AvgIpc) is 2.71. The van der Waals surface area contributed by atoms with E-state index in [4.69, 9.17) is 16.0 Å². The molecule has 178 valence electrons. The van der Waals surface area contributed by atoms with Crippen LogP contribution in [0.3, 0.4) is 0 Å². The molecule has 3 aromatic rings. The minimum atomic E-state index is -1.82. The Morgan fingerprint density at radius 2 is 1.61 bits per heavy atom. The van der Waals surface area contributed by atoms with Crippen molar-refractivity contribution in [2.24, 2.45) is 0 Å². The molecule has 0 bridgehead atoms. The molecule has 0 saturated heterocycles. The van der Waals surface area contributed by atoms with E-state index in [0.29, 0.717) is 5.02 Å². The number of fused-ring (bicyclic) bond motifs is 1. The fourth-order valence-electron chi connectivity index (χ4n) is 4.13. The summed E-state index contributed by atoms with van der Waals surface area (Å²) < 4.78 is 9.05. The average molecular weight is 500 g/mol. The van der Waals surface area contributed by atoms with Crippen LogP contribution >= 0.6 is 11.6 Å². The molecule has 3 rings (SSSR count). The minimum Gasteiger partial charge on any atom is -0.544 e. The monoisotopic (exact) mass is 499 g/mol. The molecule has 0 radical (unpaired) electrons. The molecule has 0 saturated carbocycles. The third-order valence-corrected chi connectivity index (χ3v) is 8.51. The third kappa shape index (κ3) is 6.38. The lowest BCUT2D eigenvalue weighted by Crippen LogP contribution is -2.43. The Balaban J connectivity index is 2.18. The zero-order valence-corrected chi connectivity index (χ0v) is 24.1. The van der Waals surface area contributed by atoms with Gasteiger partial charge >= 0.3 is 0 Å². The summed E-state index contributed by atoms with van der Waals surface area (Å²) in [6, 6.07) is 14.9. The van der Waals surface area contributed by atoms with Gasteiger partial charge in [0.25, 0.3) is 0 Å². The number of rotatable bonds is 9. The predicted molar refractivity (Wildman–Crippen MR) is 149 cm³/mol. The van der Waals surface area contributed by atoms with Crippen LogP contribution in [0.2, 0.25) is 44.3 Å². The van der Waals surface area contributed by atoms with Gasteiger partial charge in [0.05, 0.1) is 5.52 Å². The number of nitrogens with zero attached hydrogens (tertiary/aromatic N) is 3. The quantitative estimate of drug-likeness (QED) is 0.279. The highest BCUT2D eigenvalue weighted by molar-refractivity contribution is 6.81. The van der Waals surface area contributed by atoms with Gasteiger partial charge in [-0.15, -0.1) is 0 Å². The molecule has 0 atom stereocenters. The SMILES string of the molecule is CCN(CC)Cc1cc(N(c2ccnc3cc(Cl)ccc23)[Si](C)(C)C)ccc1O[Si](C)(C)C. The van der Waals surface area contributed by atoms with Crippen molar-refractivity contribution in [1.82, 2.24) is 9.88 Å². The van der Waals surface area contributed by atoms with E-state index < -0.39 is 16.6 Å². The second-order valence-corrected chi connectivity index (χ2v) is 20.1. The second-order valence-electron chi connectivity index (χ2n) is 10.5. The third-order valence-electron chi connectivity index (χ3n) is 5.60. The van der Waals surface area contributed by atoms with Crippen LogP contribution < -0.4 is 8.99 Å². The highest BCUT2D eigenvalue weighted by Gasteiger charge is 2.29. The molecule has 33 heavy (non-hydrogen) atoms. The Labute approximate surface area is 206 Å². The zero-order valence-electron chi connectivity index (χ0n) is 21.4. The Morgan fingerprint density at radius 1 is 0.909 bits per heavy atom. The van der Waals surface area contributed by atoms with E-state index in [2.05, 4.69) is 97.9 Å². The molecule has 0 aliphatic carbocycles. The van der Waals surface area contributed by atoms with E-state index >= 15 is 0 Å². The van der Waals surface area contributed by atoms with E-state index in [1.165, 1.54) is 16.9 Å². The maximum atomic E-state index is 6.51. The van der Waals surface area contributed by atoms with Gasteiger partial charge in [0, 0.05) is 40.1 Å². The van der Waals surface area contributed by atoms with Crippen molar-refractivity contribution in [3.05, 3.63) is 59.2 Å². The molecule has 0 aliphatic rings. The Hall–Kier alpha value is -1.87. The van der Waals surface area contributed by atoms with Crippen molar-refractivity contribution in [1.29, 1.82) is 0 Å². The van der Waals surface area contributed by atoms with Crippen LogP contribution in [0.5, 0.6) is 5.75 Å². The molecule has 0 N–H and O–H groups in total. The van der Waals surface area contributed by atoms with Crippen molar-refractivity contribution >= 4 is 50.4 Å². The topological polar surface area (TPSA) is 28.6 Å². The Kier molecular flexibility index (Phi) is 7.94. The summed E-state index contributed by atoms with van der Waals surface area (Å²) in [5, 5.41) is 1.83. The van der Waals surface area contributed by atoms with Crippen LogP contribution in [0.15, 0.2) is 48.7 Å². The molecular formula is C26H38ClN3OSi2. The van der Waals surface area contributed by atoms with Gasteiger partial charge in [0.2, 0.25) is 8.32 Å². The van der Waals surface area contributed by atoms with Gasteiger partial charge in [0.15, 0.2) is 8.24 Å². The highest BCUT2D eigenvalue weighted by Crippen LogP contribution is 2.39. The molecule has 0 unspecified atom stereocenters. The van der Waals surface area contributed by atoms with Crippen LogP contribution in [-0.2, 0) is 6.54 Å². The van der Waals surface area contributed by atoms with Crippen LogP contribution in [0.1, 0.15) is 19.4 Å². The maximum Gasteiger partial charge on any atom is 0.242 e. The molecule has 4 nitrogen and oxygen atoms in total. The number of halogens is 1. The van der Waals surface area contributed by atoms with E-state index in [-0.39, 0.29) is 0 Å². The first-order chi connectivity index (χ1) is 15.4. The number of benzene rings is 2. The lowest BCUT2D eigenvalue weighted by molar-refractivity contribution is 0.293. The van der Waals surface area contributed by atoms with Gasteiger partial charge in [-0.2, -0.15) is 0 Å². The van der Waals surface area contributed by atoms with Crippen molar-refractivity contribution < 1.29 is 4.43 Å². The summed E-state index contributed by atoms with van der Waals surface area (Å²) in [6.45, 7) is 21.2. The van der Waals surface area contributed by atoms with Crippen LogP contribution in [0.4, 0.5) is 11.4 Å². The number of anilines is 2. The maximum absolute atomic E-state index is 6.51. The first-order valence-electron chi connectivity index (χ1n) is 11.8. The first kappa shape index (κ1) is 25.8. The first-order valence-corrected chi connectivity index (χ1v) is 19.0. The van der Waals surface area contributed by atoms with Crippen molar-refractivity contribution in [2.75, 3.05) is 17.7 Å². The summed E-state index contributed by atoms with van der Waals surface area (Å²) >= 11 is 6.26. The van der Waals surface area contributed by atoms with E-state index in [0.717, 1.165) is 36.3 Å². The van der Waals surface area contributed by atoms with Crippen LogP contribution in [0.25, 0.3) is 10.9 Å². The van der Waals surface area contributed by atoms with Gasteiger partial charge in [-0.3, -0.25) is 9.88 Å². The number of pyridine rings is 1. The molecule has 2 aromatic carbocycles. The van der Waals surface area contributed by atoms with E-state index in [9.17, 15) is 0 Å². The lowest BCUT2D eigenvalue weighted by Gasteiger charge is -2.38. The second kappa shape index (κ2) is 10.2. The Morgan fingerprint density at radius 3 is 2.21 bits per heavy atom. The zero-order chi connectivity index (χ0) is 24.4. The largest absolute Gasteiger partial charge is 0.544 e. The van der Waals surface area contributed by atoms with Gasteiger partial charge in [-0.25, -0.2) is 0 Å². The van der Waals surface area contributed by atoms with Gasteiger partial charge < -0.3 is 8.99 Å². The molecular weight excluding hydrogens is 462 g/mol. The fourth-order valence-corrected chi connectivity index (χ4v) is 6.99. The van der Waals surface area contributed by atoms with Gasteiger partial charge in [0.1, 0.15) is 5.75 Å². The Bertz CT molecular complexity index is 1100. The molecule has 0 fully saturated rings. The normalized spacial score (nSPS) is 12.4. The summed E-state index contributed by atoms with van der Waals surface area (Å²) in [5.41, 5.74) is 4.57. The minimum absolute atomic E-state index is 0.709. The molecule has 0 aliphatic heterocycles. The molecule has 1 heterocycles. The fraction of sp³-hybridized carbons (Fsp3) is 0.423. The summed E-state index contributed by atoms with van der Waals surface area (Å²) in [5.74, 6) is 1.02. The van der Waals surface area contributed by atoms with Crippen molar-refractivity contribution in [3.63, 3.8) is 0 Å².